The lowest BCUT2D eigenvalue weighted by atomic mass is 9.98. The van der Waals surface area contributed by atoms with Gasteiger partial charge < -0.3 is 9.80 Å². The fraction of sp³-hybridized carbons (Fsp3) is 0. The minimum absolute atomic E-state index is 0.0937. The Labute approximate surface area is 257 Å². The molecule has 1 aliphatic rings. The van der Waals surface area contributed by atoms with Gasteiger partial charge >= 0.3 is 0 Å². The third-order valence-electron chi connectivity index (χ3n) is 7.88. The van der Waals surface area contributed by atoms with Gasteiger partial charge in [0.2, 0.25) is 0 Å². The highest BCUT2D eigenvalue weighted by molar-refractivity contribution is 6.06. The molecule has 0 amide bonds. The summed E-state index contributed by atoms with van der Waals surface area (Å²) in [5, 5.41) is 20.3. The molecule has 6 aromatic carbocycles. The number of para-hydroxylation sites is 4. The summed E-state index contributed by atoms with van der Waals surface area (Å²) in [4.78, 5) is 4.38. The molecule has 0 aromatic heterocycles. The molecule has 0 saturated carbocycles. The summed E-state index contributed by atoms with van der Waals surface area (Å²) in [7, 11) is 0. The maximum absolute atomic E-state index is 10.2. The SMILES string of the molecule is N#CC(C#N)=C1c2cc(N(c3ccccc3)c3ccccc3)ccc2-c2ccc(N(c3ccccc3)c3ccccc3)cc21. The van der Waals surface area contributed by atoms with Gasteiger partial charge in [-0.05, 0) is 95.1 Å². The lowest BCUT2D eigenvalue weighted by Gasteiger charge is -2.26. The van der Waals surface area contributed by atoms with Crippen LogP contribution >= 0.6 is 0 Å². The van der Waals surface area contributed by atoms with Crippen LogP contribution in [0, 0.1) is 22.7 Å². The number of nitriles is 2. The van der Waals surface area contributed by atoms with E-state index in [0.29, 0.717) is 5.57 Å². The maximum Gasteiger partial charge on any atom is 0.138 e. The second kappa shape index (κ2) is 11.5. The molecule has 0 aliphatic heterocycles. The smallest absolute Gasteiger partial charge is 0.138 e. The molecule has 4 heteroatoms. The molecule has 0 saturated heterocycles. The fourth-order valence-corrected chi connectivity index (χ4v) is 5.98. The second-order valence-corrected chi connectivity index (χ2v) is 10.4. The highest BCUT2D eigenvalue weighted by Crippen LogP contribution is 2.50. The van der Waals surface area contributed by atoms with Crippen molar-refractivity contribution in [3.8, 4) is 23.3 Å². The topological polar surface area (TPSA) is 54.1 Å². The molecule has 0 unspecified atom stereocenters. The molecule has 0 fully saturated rings. The van der Waals surface area contributed by atoms with E-state index in [1.165, 1.54) is 0 Å². The minimum Gasteiger partial charge on any atom is -0.310 e. The van der Waals surface area contributed by atoms with E-state index in [2.05, 4.69) is 107 Å². The van der Waals surface area contributed by atoms with Crippen LogP contribution in [0.1, 0.15) is 11.1 Å². The molecule has 0 radical (unpaired) electrons. The van der Waals surface area contributed by atoms with Crippen LogP contribution in [-0.2, 0) is 0 Å². The highest BCUT2D eigenvalue weighted by Gasteiger charge is 2.29. The van der Waals surface area contributed by atoms with Crippen LogP contribution in [0.15, 0.2) is 163 Å². The van der Waals surface area contributed by atoms with Gasteiger partial charge in [0, 0.05) is 39.7 Å². The van der Waals surface area contributed by atoms with Crippen molar-refractivity contribution in [1.29, 1.82) is 10.5 Å². The van der Waals surface area contributed by atoms with Crippen molar-refractivity contribution in [3.05, 3.63) is 174 Å². The van der Waals surface area contributed by atoms with Crippen LogP contribution < -0.4 is 9.80 Å². The summed E-state index contributed by atoms with van der Waals surface area (Å²) in [6.07, 6.45) is 0. The number of anilines is 6. The van der Waals surface area contributed by atoms with Gasteiger partial charge in [-0.15, -0.1) is 0 Å². The number of hydrogen-bond donors (Lipinski definition) is 0. The minimum atomic E-state index is 0.0937. The van der Waals surface area contributed by atoms with Crippen molar-refractivity contribution < 1.29 is 0 Å². The Balaban J connectivity index is 1.41. The molecule has 0 bridgehead atoms. The van der Waals surface area contributed by atoms with Crippen LogP contribution in [0.5, 0.6) is 0 Å². The van der Waals surface area contributed by atoms with Gasteiger partial charge in [-0.1, -0.05) is 84.9 Å². The Morgan fingerprint density at radius 1 is 0.364 bits per heavy atom. The van der Waals surface area contributed by atoms with E-state index in [1.807, 2.05) is 72.8 Å². The summed E-state index contributed by atoms with van der Waals surface area (Å²) in [6, 6.07) is 57.9. The Morgan fingerprint density at radius 3 is 0.977 bits per heavy atom. The Kier molecular flexibility index (Phi) is 6.93. The molecule has 4 nitrogen and oxygen atoms in total. The maximum atomic E-state index is 10.2. The molecule has 1 aliphatic carbocycles. The lowest BCUT2D eigenvalue weighted by Crippen LogP contribution is -2.10. The van der Waals surface area contributed by atoms with E-state index in [-0.39, 0.29) is 5.57 Å². The summed E-state index contributed by atoms with van der Waals surface area (Å²) < 4.78 is 0. The molecule has 0 atom stereocenters. The molecule has 0 spiro atoms. The molecular formula is C40H26N4. The number of benzene rings is 6. The van der Waals surface area contributed by atoms with E-state index >= 15 is 0 Å². The second-order valence-electron chi connectivity index (χ2n) is 10.4. The Bertz CT molecular complexity index is 1840. The van der Waals surface area contributed by atoms with E-state index in [9.17, 15) is 10.5 Å². The van der Waals surface area contributed by atoms with E-state index in [4.69, 9.17) is 0 Å². The van der Waals surface area contributed by atoms with Crippen LogP contribution in [0.3, 0.4) is 0 Å². The predicted molar refractivity (Wildman–Crippen MR) is 178 cm³/mol. The third kappa shape index (κ3) is 4.68. The first-order chi connectivity index (χ1) is 21.8. The standard InChI is InChI=1S/C40H26N4/c41-27-29(28-42)40-38-25-34(43(30-13-5-1-6-14-30)31-15-7-2-8-16-31)21-23-36(38)37-24-22-35(26-39(37)40)44(32-17-9-3-10-18-32)33-19-11-4-12-20-33/h1-26H. The number of nitrogens with zero attached hydrogens (tertiary/aromatic N) is 4. The van der Waals surface area contributed by atoms with Gasteiger partial charge in [0.1, 0.15) is 17.7 Å². The molecular weight excluding hydrogens is 536 g/mol. The van der Waals surface area contributed by atoms with Crippen LogP contribution in [-0.4, -0.2) is 0 Å². The summed E-state index contributed by atoms with van der Waals surface area (Å²) in [5.74, 6) is 0. The van der Waals surface area contributed by atoms with Crippen molar-refractivity contribution in [3.63, 3.8) is 0 Å². The van der Waals surface area contributed by atoms with Gasteiger partial charge in [-0.2, -0.15) is 10.5 Å². The zero-order valence-electron chi connectivity index (χ0n) is 23.8. The molecule has 0 N–H and O–H groups in total. The van der Waals surface area contributed by atoms with Gasteiger partial charge in [-0.25, -0.2) is 0 Å². The monoisotopic (exact) mass is 562 g/mol. The summed E-state index contributed by atoms with van der Waals surface area (Å²) >= 11 is 0. The lowest BCUT2D eigenvalue weighted by molar-refractivity contribution is 1.28. The molecule has 6 aromatic rings. The van der Waals surface area contributed by atoms with E-state index in [1.54, 1.807) is 0 Å². The largest absolute Gasteiger partial charge is 0.310 e. The molecule has 7 rings (SSSR count). The highest BCUT2D eigenvalue weighted by atomic mass is 15.1. The molecule has 0 heterocycles. The number of allylic oxidation sites excluding steroid dienone is 1. The zero-order valence-corrected chi connectivity index (χ0v) is 23.8. The van der Waals surface area contributed by atoms with Crippen molar-refractivity contribution in [1.82, 2.24) is 0 Å². The first-order valence-corrected chi connectivity index (χ1v) is 14.4. The zero-order chi connectivity index (χ0) is 29.9. The van der Waals surface area contributed by atoms with Gasteiger partial charge in [0.15, 0.2) is 0 Å². The van der Waals surface area contributed by atoms with Crippen molar-refractivity contribution in [2.24, 2.45) is 0 Å². The summed E-state index contributed by atoms with van der Waals surface area (Å²) in [6.45, 7) is 0. The Hall–Kier alpha value is -6.36. The average Bonchev–Trinajstić information content (AvgIpc) is 3.40. The van der Waals surface area contributed by atoms with Crippen LogP contribution in [0.2, 0.25) is 0 Å². The van der Waals surface area contributed by atoms with Crippen molar-refractivity contribution >= 4 is 39.7 Å². The summed E-state index contributed by atoms with van der Waals surface area (Å²) in [5.41, 5.74) is 10.4. The fourth-order valence-electron chi connectivity index (χ4n) is 5.98. The number of fused-ring (bicyclic) bond motifs is 3. The van der Waals surface area contributed by atoms with Crippen LogP contribution in [0.4, 0.5) is 34.1 Å². The number of hydrogen-bond acceptors (Lipinski definition) is 4. The molecule has 206 valence electrons. The van der Waals surface area contributed by atoms with Crippen molar-refractivity contribution in [2.75, 3.05) is 9.80 Å². The number of rotatable bonds is 6. The van der Waals surface area contributed by atoms with Crippen molar-refractivity contribution in [2.45, 2.75) is 0 Å². The third-order valence-corrected chi connectivity index (χ3v) is 7.88. The normalized spacial score (nSPS) is 11.1. The first kappa shape index (κ1) is 26.5. The Morgan fingerprint density at radius 2 is 0.682 bits per heavy atom. The first-order valence-electron chi connectivity index (χ1n) is 14.4. The van der Waals surface area contributed by atoms with Gasteiger partial charge in [-0.3, -0.25) is 0 Å². The molecule has 44 heavy (non-hydrogen) atoms. The van der Waals surface area contributed by atoms with Crippen LogP contribution in [0.25, 0.3) is 16.7 Å². The van der Waals surface area contributed by atoms with Gasteiger partial charge in [0.05, 0.1) is 0 Å². The van der Waals surface area contributed by atoms with Gasteiger partial charge in [0.25, 0.3) is 0 Å². The predicted octanol–water partition coefficient (Wildman–Crippen LogP) is 10.5. The quantitative estimate of drug-likeness (QED) is 0.189. The van der Waals surface area contributed by atoms with E-state index in [0.717, 1.165) is 56.4 Å². The van der Waals surface area contributed by atoms with E-state index < -0.39 is 0 Å². The average molecular weight is 563 g/mol.